The number of carbonyl (C=O) groups excluding carboxylic acids is 1. The predicted molar refractivity (Wildman–Crippen MR) is 80.0 cm³/mol. The Hall–Kier alpha value is -1.40. The van der Waals surface area contributed by atoms with Crippen molar-refractivity contribution in [3.05, 3.63) is 29.8 Å². The molecule has 0 heterocycles. The normalized spacial score (nSPS) is 11.9. The van der Waals surface area contributed by atoms with Gasteiger partial charge in [-0.15, -0.1) is 0 Å². The molecule has 1 atom stereocenters. The molecule has 6 heteroatoms. The van der Waals surface area contributed by atoms with E-state index in [1.165, 1.54) is 0 Å². The van der Waals surface area contributed by atoms with Gasteiger partial charge in [0.2, 0.25) is 0 Å². The summed E-state index contributed by atoms with van der Waals surface area (Å²) in [4.78, 5) is 14.3. The Balaban J connectivity index is 2.52. The van der Waals surface area contributed by atoms with Gasteiger partial charge in [0.05, 0.1) is 6.61 Å². The van der Waals surface area contributed by atoms with Crippen LogP contribution in [0.2, 0.25) is 0 Å². The van der Waals surface area contributed by atoms with Crippen LogP contribution in [0.25, 0.3) is 0 Å². The molecule has 0 saturated heterocycles. The maximum atomic E-state index is 11.9. The minimum Gasteiger partial charge on any atom is -0.395 e. The number of hydrogen-bond donors (Lipinski definition) is 2. The molecule has 1 rings (SSSR count). The van der Waals surface area contributed by atoms with Gasteiger partial charge in [0.1, 0.15) is 0 Å². The van der Waals surface area contributed by atoms with Crippen molar-refractivity contribution in [2.75, 3.05) is 26.0 Å². The first-order valence-electron chi connectivity index (χ1n) is 6.64. The molecule has 0 radical (unpaired) electrons. The van der Waals surface area contributed by atoms with Gasteiger partial charge in [-0.05, 0) is 24.1 Å². The van der Waals surface area contributed by atoms with Gasteiger partial charge in [0, 0.05) is 41.6 Å². The van der Waals surface area contributed by atoms with Gasteiger partial charge in [-0.1, -0.05) is 19.1 Å². The van der Waals surface area contributed by atoms with E-state index in [2.05, 4.69) is 5.32 Å². The number of amides is 2. The fourth-order valence-electron chi connectivity index (χ4n) is 1.79. The molecule has 5 nitrogen and oxygen atoms in total. The van der Waals surface area contributed by atoms with Crippen LogP contribution in [0.1, 0.15) is 18.9 Å². The molecular weight excluding hydrogens is 276 g/mol. The summed E-state index contributed by atoms with van der Waals surface area (Å²) in [6.07, 6.45) is 2.48. The molecule has 0 aliphatic rings. The molecule has 1 aromatic rings. The second-order valence-electron chi connectivity index (χ2n) is 4.47. The van der Waals surface area contributed by atoms with Gasteiger partial charge in [0.25, 0.3) is 0 Å². The van der Waals surface area contributed by atoms with Gasteiger partial charge >= 0.3 is 6.03 Å². The van der Waals surface area contributed by atoms with E-state index in [4.69, 9.17) is 5.11 Å². The van der Waals surface area contributed by atoms with Crippen LogP contribution >= 0.6 is 0 Å². The lowest BCUT2D eigenvalue weighted by Gasteiger charge is -2.21. The van der Waals surface area contributed by atoms with E-state index in [9.17, 15) is 9.00 Å². The summed E-state index contributed by atoms with van der Waals surface area (Å²) < 4.78 is 11.3. The van der Waals surface area contributed by atoms with E-state index in [0.29, 0.717) is 19.6 Å². The zero-order valence-electron chi connectivity index (χ0n) is 12.0. The Morgan fingerprint density at radius 3 is 2.45 bits per heavy atom. The number of rotatable bonds is 7. The summed E-state index contributed by atoms with van der Waals surface area (Å²) in [6, 6.07) is 7.13. The molecule has 1 aromatic carbocycles. The number of aliphatic hydroxyl groups excluding tert-OH is 1. The topological polar surface area (TPSA) is 69.6 Å². The molecule has 2 amide bonds. The Morgan fingerprint density at radius 2 is 1.95 bits per heavy atom. The summed E-state index contributed by atoms with van der Waals surface area (Å²) in [5.41, 5.74) is 0.952. The third kappa shape index (κ3) is 5.30. The van der Waals surface area contributed by atoms with Crippen LogP contribution in [0.15, 0.2) is 29.2 Å². The number of benzene rings is 1. The average molecular weight is 298 g/mol. The van der Waals surface area contributed by atoms with Gasteiger partial charge in [-0.2, -0.15) is 0 Å². The molecule has 1 unspecified atom stereocenters. The monoisotopic (exact) mass is 298 g/mol. The summed E-state index contributed by atoms with van der Waals surface area (Å²) >= 11 is 0. The molecule has 20 heavy (non-hydrogen) atoms. The van der Waals surface area contributed by atoms with E-state index >= 15 is 0 Å². The quantitative estimate of drug-likeness (QED) is 0.798. The van der Waals surface area contributed by atoms with Crippen molar-refractivity contribution in [1.29, 1.82) is 0 Å². The van der Waals surface area contributed by atoms with Crippen molar-refractivity contribution >= 4 is 16.8 Å². The fourth-order valence-corrected chi connectivity index (χ4v) is 2.31. The fraction of sp³-hybridized carbons (Fsp3) is 0.500. The Bertz CT molecular complexity index is 442. The Labute approximate surface area is 122 Å². The van der Waals surface area contributed by atoms with E-state index < -0.39 is 10.8 Å². The first-order chi connectivity index (χ1) is 9.58. The van der Waals surface area contributed by atoms with Crippen LogP contribution in [0, 0.1) is 0 Å². The van der Waals surface area contributed by atoms with E-state index in [1.54, 1.807) is 23.3 Å². The lowest BCUT2D eigenvalue weighted by molar-refractivity contribution is 0.177. The standard InChI is InChI=1S/C14H22N2O3S/c1-3-8-16(9-10-17)14(18)15-11-12-4-6-13(7-5-12)20(2)19/h4-7,17H,3,8-11H2,1-2H3,(H,15,18). The van der Waals surface area contributed by atoms with Gasteiger partial charge in [0.15, 0.2) is 0 Å². The summed E-state index contributed by atoms with van der Waals surface area (Å²) in [5, 5.41) is 11.7. The third-order valence-electron chi connectivity index (χ3n) is 2.85. The maximum absolute atomic E-state index is 11.9. The minimum absolute atomic E-state index is 0.0373. The Morgan fingerprint density at radius 1 is 1.30 bits per heavy atom. The molecule has 0 aromatic heterocycles. The molecule has 112 valence electrons. The van der Waals surface area contributed by atoms with Crippen LogP contribution in [-0.4, -0.2) is 46.2 Å². The molecule has 0 fully saturated rings. The number of carbonyl (C=O) groups is 1. The van der Waals surface area contributed by atoms with E-state index in [-0.39, 0.29) is 12.6 Å². The first kappa shape index (κ1) is 16.7. The summed E-state index contributed by atoms with van der Waals surface area (Å²) in [7, 11) is -0.986. The van der Waals surface area contributed by atoms with Crippen molar-refractivity contribution < 1.29 is 14.1 Å². The van der Waals surface area contributed by atoms with Crippen LogP contribution in [-0.2, 0) is 17.3 Å². The van der Waals surface area contributed by atoms with Gasteiger partial charge in [-0.3, -0.25) is 4.21 Å². The smallest absolute Gasteiger partial charge is 0.317 e. The highest BCUT2D eigenvalue weighted by atomic mass is 32.2. The molecule has 0 bridgehead atoms. The van der Waals surface area contributed by atoms with Crippen LogP contribution in [0.5, 0.6) is 0 Å². The van der Waals surface area contributed by atoms with Crippen molar-refractivity contribution in [3.8, 4) is 0 Å². The number of aliphatic hydroxyl groups is 1. The maximum Gasteiger partial charge on any atom is 0.317 e. The number of nitrogens with one attached hydrogen (secondary N) is 1. The van der Waals surface area contributed by atoms with Crippen LogP contribution in [0.3, 0.4) is 0 Å². The molecule has 2 N–H and O–H groups in total. The SMILES string of the molecule is CCCN(CCO)C(=O)NCc1ccc(S(C)=O)cc1. The Kier molecular flexibility index (Phi) is 7.25. The average Bonchev–Trinajstić information content (AvgIpc) is 2.45. The lowest BCUT2D eigenvalue weighted by Crippen LogP contribution is -2.41. The third-order valence-corrected chi connectivity index (χ3v) is 3.79. The van der Waals surface area contributed by atoms with Crippen molar-refractivity contribution in [2.24, 2.45) is 0 Å². The van der Waals surface area contributed by atoms with Crippen LogP contribution < -0.4 is 5.32 Å². The van der Waals surface area contributed by atoms with Crippen LogP contribution in [0.4, 0.5) is 4.79 Å². The van der Waals surface area contributed by atoms with Gasteiger partial charge in [-0.25, -0.2) is 4.79 Å². The highest BCUT2D eigenvalue weighted by molar-refractivity contribution is 7.84. The zero-order valence-corrected chi connectivity index (χ0v) is 12.8. The second-order valence-corrected chi connectivity index (χ2v) is 5.85. The van der Waals surface area contributed by atoms with E-state index in [0.717, 1.165) is 16.9 Å². The lowest BCUT2D eigenvalue weighted by atomic mass is 10.2. The molecule has 0 aliphatic carbocycles. The van der Waals surface area contributed by atoms with E-state index in [1.807, 2.05) is 19.1 Å². The highest BCUT2D eigenvalue weighted by Gasteiger charge is 2.11. The molecule has 0 saturated carbocycles. The zero-order chi connectivity index (χ0) is 15.0. The number of nitrogens with zero attached hydrogens (tertiary/aromatic N) is 1. The number of hydrogen-bond acceptors (Lipinski definition) is 3. The molecule has 0 spiro atoms. The van der Waals surface area contributed by atoms with Gasteiger partial charge < -0.3 is 15.3 Å². The van der Waals surface area contributed by atoms with Crippen molar-refractivity contribution in [1.82, 2.24) is 10.2 Å². The number of urea groups is 1. The largest absolute Gasteiger partial charge is 0.395 e. The molecular formula is C14H22N2O3S. The predicted octanol–water partition coefficient (Wildman–Crippen LogP) is 1.34. The van der Waals surface area contributed by atoms with Crippen molar-refractivity contribution in [2.45, 2.75) is 24.8 Å². The first-order valence-corrected chi connectivity index (χ1v) is 8.20. The van der Waals surface area contributed by atoms with Crippen molar-refractivity contribution in [3.63, 3.8) is 0 Å². The summed E-state index contributed by atoms with van der Waals surface area (Å²) in [5.74, 6) is 0. The highest BCUT2D eigenvalue weighted by Crippen LogP contribution is 2.07. The molecule has 0 aliphatic heterocycles. The second kappa shape index (κ2) is 8.71. The minimum atomic E-state index is -0.986. The summed E-state index contributed by atoms with van der Waals surface area (Å²) in [6.45, 7) is 3.33.